The molecule has 0 saturated carbocycles. The van der Waals surface area contributed by atoms with Crippen LogP contribution in [0.2, 0.25) is 0 Å². The summed E-state index contributed by atoms with van der Waals surface area (Å²) in [4.78, 5) is 1.27. The summed E-state index contributed by atoms with van der Waals surface area (Å²) in [5, 5.41) is 4.67. The van der Waals surface area contributed by atoms with Crippen LogP contribution in [0.3, 0.4) is 0 Å². The number of anilines is 1. The Balaban J connectivity index is 1.86. The lowest BCUT2D eigenvalue weighted by atomic mass is 10.2. The van der Waals surface area contributed by atoms with Crippen LogP contribution >= 0.6 is 27.3 Å². The summed E-state index contributed by atoms with van der Waals surface area (Å²) in [7, 11) is 0. The lowest BCUT2D eigenvalue weighted by Crippen LogP contribution is -2.05. The maximum atomic E-state index is 13.1. The Bertz CT molecular complexity index is 720. The third-order valence-electron chi connectivity index (χ3n) is 3.17. The molecule has 1 N–H and O–H groups in total. The summed E-state index contributed by atoms with van der Waals surface area (Å²) in [6.07, 6.45) is 0. The Kier molecular flexibility index (Phi) is 3.76. The summed E-state index contributed by atoms with van der Waals surface area (Å²) in [5.41, 5.74) is 0.899. The zero-order valence-corrected chi connectivity index (χ0v) is 13.3. The van der Waals surface area contributed by atoms with Gasteiger partial charge in [-0.25, -0.2) is 4.39 Å². The quantitative estimate of drug-likeness (QED) is 0.613. The summed E-state index contributed by atoms with van der Waals surface area (Å²) in [6, 6.07) is 15.4. The molecule has 1 atom stereocenters. The highest BCUT2D eigenvalue weighted by Crippen LogP contribution is 2.33. The Morgan fingerprint density at radius 1 is 1.15 bits per heavy atom. The number of thiophene rings is 1. The van der Waals surface area contributed by atoms with Crippen molar-refractivity contribution in [3.8, 4) is 0 Å². The first-order valence-electron chi connectivity index (χ1n) is 6.33. The maximum absolute atomic E-state index is 13.1. The van der Waals surface area contributed by atoms with E-state index in [4.69, 9.17) is 0 Å². The molecular formula is C16H13BrFNS. The van der Waals surface area contributed by atoms with Gasteiger partial charge in [-0.15, -0.1) is 11.3 Å². The molecule has 2 aromatic carbocycles. The van der Waals surface area contributed by atoms with E-state index in [2.05, 4.69) is 52.4 Å². The van der Waals surface area contributed by atoms with Gasteiger partial charge >= 0.3 is 0 Å². The van der Waals surface area contributed by atoms with E-state index in [1.807, 2.05) is 6.07 Å². The lowest BCUT2D eigenvalue weighted by molar-refractivity contribution is 0.627. The van der Waals surface area contributed by atoms with Gasteiger partial charge in [0.05, 0.1) is 6.04 Å². The Hall–Kier alpha value is -1.39. The minimum absolute atomic E-state index is 0.175. The van der Waals surface area contributed by atoms with E-state index in [1.54, 1.807) is 17.4 Å². The standard InChI is InChI=1S/C16H13BrFNS/c1-10(19-14-7-6-12(18)9-13(14)17)16-8-11-4-2-3-5-15(11)20-16/h2-10,19H,1H3. The smallest absolute Gasteiger partial charge is 0.124 e. The van der Waals surface area contributed by atoms with Gasteiger partial charge in [0.2, 0.25) is 0 Å². The second kappa shape index (κ2) is 5.54. The third kappa shape index (κ3) is 2.72. The van der Waals surface area contributed by atoms with Gasteiger partial charge in [0.1, 0.15) is 5.82 Å². The van der Waals surface area contributed by atoms with Crippen molar-refractivity contribution in [2.45, 2.75) is 13.0 Å². The summed E-state index contributed by atoms with van der Waals surface area (Å²) in [6.45, 7) is 2.11. The number of hydrogen-bond acceptors (Lipinski definition) is 2. The second-order valence-corrected chi connectivity index (χ2v) is 6.65. The highest BCUT2D eigenvalue weighted by Gasteiger charge is 2.11. The van der Waals surface area contributed by atoms with Crippen LogP contribution in [0.1, 0.15) is 17.8 Å². The van der Waals surface area contributed by atoms with E-state index in [0.29, 0.717) is 0 Å². The van der Waals surface area contributed by atoms with Crippen molar-refractivity contribution in [3.05, 3.63) is 63.7 Å². The average Bonchev–Trinajstić information content (AvgIpc) is 2.86. The summed E-state index contributed by atoms with van der Waals surface area (Å²) < 4.78 is 15.1. The monoisotopic (exact) mass is 349 g/mol. The summed E-state index contributed by atoms with van der Waals surface area (Å²) >= 11 is 5.17. The molecular weight excluding hydrogens is 337 g/mol. The van der Waals surface area contributed by atoms with Gasteiger partial charge in [0, 0.05) is 19.7 Å². The topological polar surface area (TPSA) is 12.0 Å². The minimum atomic E-state index is -0.239. The van der Waals surface area contributed by atoms with E-state index >= 15 is 0 Å². The van der Waals surface area contributed by atoms with E-state index < -0.39 is 0 Å². The second-order valence-electron chi connectivity index (χ2n) is 4.68. The van der Waals surface area contributed by atoms with E-state index in [0.717, 1.165) is 10.2 Å². The largest absolute Gasteiger partial charge is 0.377 e. The van der Waals surface area contributed by atoms with Crippen LogP contribution in [0.4, 0.5) is 10.1 Å². The Morgan fingerprint density at radius 2 is 1.95 bits per heavy atom. The number of halogens is 2. The van der Waals surface area contributed by atoms with E-state index in [9.17, 15) is 4.39 Å². The van der Waals surface area contributed by atoms with Crippen molar-refractivity contribution in [3.63, 3.8) is 0 Å². The molecule has 0 radical (unpaired) electrons. The van der Waals surface area contributed by atoms with Crippen molar-refractivity contribution < 1.29 is 4.39 Å². The fourth-order valence-electron chi connectivity index (χ4n) is 2.13. The van der Waals surface area contributed by atoms with Crippen molar-refractivity contribution in [1.29, 1.82) is 0 Å². The molecule has 102 valence electrons. The number of fused-ring (bicyclic) bond motifs is 1. The summed E-state index contributed by atoms with van der Waals surface area (Å²) in [5.74, 6) is -0.239. The van der Waals surface area contributed by atoms with Gasteiger partial charge in [-0.2, -0.15) is 0 Å². The number of hydrogen-bond donors (Lipinski definition) is 1. The van der Waals surface area contributed by atoms with Crippen LogP contribution in [-0.4, -0.2) is 0 Å². The predicted octanol–water partition coefficient (Wildman–Crippen LogP) is 5.98. The molecule has 0 spiro atoms. The highest BCUT2D eigenvalue weighted by atomic mass is 79.9. The van der Waals surface area contributed by atoms with Crippen LogP contribution in [-0.2, 0) is 0 Å². The normalized spacial score (nSPS) is 12.6. The molecule has 0 aliphatic carbocycles. The van der Waals surface area contributed by atoms with Gasteiger partial charge in [-0.05, 0) is 58.6 Å². The van der Waals surface area contributed by atoms with Gasteiger partial charge in [-0.3, -0.25) is 0 Å². The first-order chi connectivity index (χ1) is 9.63. The number of nitrogens with one attached hydrogen (secondary N) is 1. The van der Waals surface area contributed by atoms with Crippen LogP contribution in [0.25, 0.3) is 10.1 Å². The van der Waals surface area contributed by atoms with Crippen LogP contribution in [0.15, 0.2) is 53.0 Å². The van der Waals surface area contributed by atoms with Crippen molar-refractivity contribution in [2.75, 3.05) is 5.32 Å². The molecule has 3 rings (SSSR count). The zero-order valence-electron chi connectivity index (χ0n) is 10.9. The predicted molar refractivity (Wildman–Crippen MR) is 88.0 cm³/mol. The Morgan fingerprint density at radius 3 is 2.70 bits per heavy atom. The van der Waals surface area contributed by atoms with Gasteiger partial charge in [0.25, 0.3) is 0 Å². The first kappa shape index (κ1) is 13.6. The highest BCUT2D eigenvalue weighted by molar-refractivity contribution is 9.10. The average molecular weight is 350 g/mol. The zero-order chi connectivity index (χ0) is 14.1. The van der Waals surface area contributed by atoms with Crippen molar-refractivity contribution >= 4 is 43.0 Å². The molecule has 3 aromatic rings. The SMILES string of the molecule is CC(Nc1ccc(F)cc1Br)c1cc2ccccc2s1. The first-order valence-corrected chi connectivity index (χ1v) is 7.94. The fraction of sp³-hybridized carbons (Fsp3) is 0.125. The minimum Gasteiger partial charge on any atom is -0.377 e. The molecule has 0 bridgehead atoms. The molecule has 0 aliphatic heterocycles. The molecule has 0 amide bonds. The van der Waals surface area contributed by atoms with Gasteiger partial charge < -0.3 is 5.32 Å². The van der Waals surface area contributed by atoms with Crippen molar-refractivity contribution in [1.82, 2.24) is 0 Å². The molecule has 0 aliphatic rings. The van der Waals surface area contributed by atoms with Crippen LogP contribution in [0.5, 0.6) is 0 Å². The van der Waals surface area contributed by atoms with Crippen LogP contribution in [0, 0.1) is 5.82 Å². The third-order valence-corrected chi connectivity index (χ3v) is 5.13. The maximum Gasteiger partial charge on any atom is 0.124 e. The van der Waals surface area contributed by atoms with Gasteiger partial charge in [-0.1, -0.05) is 18.2 Å². The molecule has 0 saturated heterocycles. The Labute approximate surface area is 129 Å². The van der Waals surface area contributed by atoms with Crippen LogP contribution < -0.4 is 5.32 Å². The molecule has 1 nitrogen and oxygen atoms in total. The lowest BCUT2D eigenvalue weighted by Gasteiger charge is -2.15. The molecule has 1 heterocycles. The van der Waals surface area contributed by atoms with E-state index in [-0.39, 0.29) is 11.9 Å². The molecule has 4 heteroatoms. The molecule has 1 aromatic heterocycles. The molecule has 1 unspecified atom stereocenters. The number of benzene rings is 2. The van der Waals surface area contributed by atoms with Crippen molar-refractivity contribution in [2.24, 2.45) is 0 Å². The molecule has 0 fully saturated rings. The van der Waals surface area contributed by atoms with Gasteiger partial charge in [0.15, 0.2) is 0 Å². The number of rotatable bonds is 3. The fourth-order valence-corrected chi connectivity index (χ4v) is 3.66. The molecule has 20 heavy (non-hydrogen) atoms. The van der Waals surface area contributed by atoms with E-state index in [1.165, 1.54) is 27.1 Å².